The lowest BCUT2D eigenvalue weighted by molar-refractivity contribution is -0.123. The normalized spacial score (nSPS) is 11.8. The Morgan fingerprint density at radius 1 is 1.03 bits per heavy atom. The Hall–Kier alpha value is -3.53. The van der Waals surface area contributed by atoms with Crippen LogP contribution in [0.3, 0.4) is 0 Å². The number of rotatable bonds is 4. The van der Waals surface area contributed by atoms with Gasteiger partial charge < -0.3 is 14.1 Å². The standard InChI is InChI=1S/C25H23NO3/c1-16(11-25(27)26(2)3)20-13-21-22(15-29-24(21)14-23(20)28-4)19-10-9-17-7-5-6-8-18(17)12-19/h5-15H,1-4H3/b16-11+. The zero-order chi connectivity index (χ0) is 20.5. The highest BCUT2D eigenvalue weighted by molar-refractivity contribution is 6.01. The largest absolute Gasteiger partial charge is 0.496 e. The molecule has 1 heterocycles. The smallest absolute Gasteiger partial charge is 0.246 e. The number of furan rings is 1. The van der Waals surface area contributed by atoms with Gasteiger partial charge in [-0.2, -0.15) is 0 Å². The first kappa shape index (κ1) is 18.8. The highest BCUT2D eigenvalue weighted by Gasteiger charge is 2.15. The average molecular weight is 385 g/mol. The fourth-order valence-electron chi connectivity index (χ4n) is 3.50. The van der Waals surface area contributed by atoms with Crippen molar-refractivity contribution in [2.24, 2.45) is 0 Å². The Balaban J connectivity index is 1.87. The summed E-state index contributed by atoms with van der Waals surface area (Å²) in [6.45, 7) is 1.92. The van der Waals surface area contributed by atoms with Crippen LogP contribution < -0.4 is 4.74 Å². The van der Waals surface area contributed by atoms with Crippen LogP contribution in [0.15, 0.2) is 71.4 Å². The summed E-state index contributed by atoms with van der Waals surface area (Å²) in [4.78, 5) is 13.7. The van der Waals surface area contributed by atoms with Gasteiger partial charge in [-0.15, -0.1) is 0 Å². The van der Waals surface area contributed by atoms with Crippen LogP contribution in [0.5, 0.6) is 5.75 Å². The first-order chi connectivity index (χ1) is 14.0. The maximum absolute atomic E-state index is 12.1. The predicted molar refractivity (Wildman–Crippen MR) is 118 cm³/mol. The highest BCUT2D eigenvalue weighted by atomic mass is 16.5. The van der Waals surface area contributed by atoms with Gasteiger partial charge in [0.15, 0.2) is 0 Å². The number of hydrogen-bond donors (Lipinski definition) is 0. The number of allylic oxidation sites excluding steroid dienone is 1. The molecule has 4 heteroatoms. The average Bonchev–Trinajstić information content (AvgIpc) is 3.15. The van der Waals surface area contributed by atoms with Gasteiger partial charge in [-0.25, -0.2) is 0 Å². The van der Waals surface area contributed by atoms with Gasteiger partial charge in [0, 0.05) is 42.8 Å². The molecule has 1 amide bonds. The Morgan fingerprint density at radius 3 is 2.52 bits per heavy atom. The van der Waals surface area contributed by atoms with Gasteiger partial charge in [-0.3, -0.25) is 4.79 Å². The summed E-state index contributed by atoms with van der Waals surface area (Å²) in [7, 11) is 5.10. The Bertz CT molecular complexity index is 1250. The van der Waals surface area contributed by atoms with Crippen LogP contribution in [0, 0.1) is 0 Å². The maximum Gasteiger partial charge on any atom is 0.246 e. The minimum Gasteiger partial charge on any atom is -0.496 e. The van der Waals surface area contributed by atoms with Crippen molar-refractivity contribution < 1.29 is 13.9 Å². The molecule has 146 valence electrons. The van der Waals surface area contributed by atoms with Gasteiger partial charge in [0.2, 0.25) is 5.91 Å². The van der Waals surface area contributed by atoms with Crippen molar-refractivity contribution in [3.05, 3.63) is 72.5 Å². The third-order valence-electron chi connectivity index (χ3n) is 5.16. The molecular formula is C25H23NO3. The molecule has 0 radical (unpaired) electrons. The molecule has 0 N–H and O–H groups in total. The van der Waals surface area contributed by atoms with Crippen LogP contribution in [0.1, 0.15) is 12.5 Å². The lowest BCUT2D eigenvalue weighted by atomic mass is 9.97. The summed E-state index contributed by atoms with van der Waals surface area (Å²) >= 11 is 0. The number of likely N-dealkylation sites (N-methyl/N-ethyl adjacent to an activating group) is 1. The van der Waals surface area contributed by atoms with Gasteiger partial charge in [-0.1, -0.05) is 36.4 Å². The van der Waals surface area contributed by atoms with E-state index in [0.29, 0.717) is 5.75 Å². The summed E-state index contributed by atoms with van der Waals surface area (Å²) in [5.74, 6) is 0.615. The number of benzene rings is 3. The lowest BCUT2D eigenvalue weighted by Crippen LogP contribution is -2.19. The number of ether oxygens (including phenoxy) is 1. The molecule has 0 aliphatic rings. The van der Waals surface area contributed by atoms with Gasteiger partial charge in [0.25, 0.3) is 0 Å². The van der Waals surface area contributed by atoms with Crippen LogP contribution in [-0.2, 0) is 4.79 Å². The quantitative estimate of drug-likeness (QED) is 0.420. The molecule has 4 nitrogen and oxygen atoms in total. The monoisotopic (exact) mass is 385 g/mol. The van der Waals surface area contributed by atoms with E-state index in [2.05, 4.69) is 30.3 Å². The number of carbonyl (C=O) groups is 1. The van der Waals surface area contributed by atoms with Crippen LogP contribution in [0.4, 0.5) is 0 Å². The first-order valence-electron chi connectivity index (χ1n) is 9.46. The van der Waals surface area contributed by atoms with E-state index in [1.807, 2.05) is 31.2 Å². The molecule has 0 fully saturated rings. The van der Waals surface area contributed by atoms with Crippen LogP contribution in [0.2, 0.25) is 0 Å². The fraction of sp³-hybridized carbons (Fsp3) is 0.160. The second-order valence-corrected chi connectivity index (χ2v) is 7.32. The minimum atomic E-state index is -0.0633. The molecule has 0 aliphatic heterocycles. The van der Waals surface area contributed by atoms with Crippen molar-refractivity contribution in [2.75, 3.05) is 21.2 Å². The molecule has 4 rings (SSSR count). The molecule has 4 aromatic rings. The summed E-state index contributed by atoms with van der Waals surface area (Å²) in [6, 6.07) is 18.6. The van der Waals surface area contributed by atoms with Crippen LogP contribution in [0.25, 0.3) is 38.4 Å². The molecule has 0 spiro atoms. The number of amides is 1. The zero-order valence-electron chi connectivity index (χ0n) is 17.0. The van der Waals surface area contributed by atoms with E-state index in [1.54, 1.807) is 38.4 Å². The van der Waals surface area contributed by atoms with E-state index >= 15 is 0 Å². The van der Waals surface area contributed by atoms with Gasteiger partial charge in [-0.05, 0) is 41.0 Å². The van der Waals surface area contributed by atoms with Crippen molar-refractivity contribution in [1.82, 2.24) is 4.90 Å². The molecule has 0 unspecified atom stereocenters. The van der Waals surface area contributed by atoms with Gasteiger partial charge in [0.05, 0.1) is 13.4 Å². The van der Waals surface area contributed by atoms with Crippen LogP contribution >= 0.6 is 0 Å². The molecular weight excluding hydrogens is 362 g/mol. The summed E-state index contributed by atoms with van der Waals surface area (Å²) in [5.41, 5.74) is 4.57. The number of carbonyl (C=O) groups excluding carboxylic acids is 1. The molecule has 1 aromatic heterocycles. The van der Waals surface area contributed by atoms with E-state index in [4.69, 9.17) is 9.15 Å². The second kappa shape index (κ2) is 7.47. The van der Waals surface area contributed by atoms with Gasteiger partial charge in [0.1, 0.15) is 11.3 Å². The maximum atomic E-state index is 12.1. The molecule has 0 saturated carbocycles. The van der Waals surface area contributed by atoms with Crippen molar-refractivity contribution >= 4 is 33.2 Å². The van der Waals surface area contributed by atoms with E-state index in [-0.39, 0.29) is 5.91 Å². The third kappa shape index (κ3) is 3.49. The van der Waals surface area contributed by atoms with E-state index < -0.39 is 0 Å². The van der Waals surface area contributed by atoms with E-state index in [9.17, 15) is 4.79 Å². The second-order valence-electron chi connectivity index (χ2n) is 7.32. The Morgan fingerprint density at radius 2 is 1.79 bits per heavy atom. The van der Waals surface area contributed by atoms with Crippen LogP contribution in [-0.4, -0.2) is 32.0 Å². The topological polar surface area (TPSA) is 42.7 Å². The number of fused-ring (bicyclic) bond motifs is 2. The van der Waals surface area contributed by atoms with E-state index in [1.165, 1.54) is 10.8 Å². The van der Waals surface area contributed by atoms with E-state index in [0.717, 1.165) is 33.2 Å². The molecule has 29 heavy (non-hydrogen) atoms. The predicted octanol–water partition coefficient (Wildman–Crippen LogP) is 5.75. The Kier molecular flexibility index (Phi) is 4.85. The molecule has 0 atom stereocenters. The van der Waals surface area contributed by atoms with Crippen molar-refractivity contribution in [3.63, 3.8) is 0 Å². The third-order valence-corrected chi connectivity index (χ3v) is 5.16. The zero-order valence-corrected chi connectivity index (χ0v) is 17.0. The summed E-state index contributed by atoms with van der Waals surface area (Å²) < 4.78 is 11.4. The number of hydrogen-bond acceptors (Lipinski definition) is 3. The molecule has 3 aromatic carbocycles. The summed E-state index contributed by atoms with van der Waals surface area (Å²) in [6.07, 6.45) is 3.40. The lowest BCUT2D eigenvalue weighted by Gasteiger charge is -2.12. The van der Waals surface area contributed by atoms with Crippen molar-refractivity contribution in [3.8, 4) is 16.9 Å². The van der Waals surface area contributed by atoms with Gasteiger partial charge >= 0.3 is 0 Å². The number of nitrogens with zero attached hydrogens (tertiary/aromatic N) is 1. The summed E-state index contributed by atoms with van der Waals surface area (Å²) in [5, 5.41) is 3.37. The SMILES string of the molecule is COc1cc2occ(-c3ccc4ccccc4c3)c2cc1/C(C)=C/C(=O)N(C)C. The molecule has 0 aliphatic carbocycles. The minimum absolute atomic E-state index is 0.0633. The highest BCUT2D eigenvalue weighted by Crippen LogP contribution is 2.38. The number of methoxy groups -OCH3 is 1. The Labute approximate surface area is 170 Å². The molecule has 0 saturated heterocycles. The molecule has 0 bridgehead atoms. The van der Waals surface area contributed by atoms with Crippen molar-refractivity contribution in [1.29, 1.82) is 0 Å². The van der Waals surface area contributed by atoms with Crippen molar-refractivity contribution in [2.45, 2.75) is 6.92 Å². The first-order valence-corrected chi connectivity index (χ1v) is 9.46. The fourth-order valence-corrected chi connectivity index (χ4v) is 3.50.